The van der Waals surface area contributed by atoms with E-state index in [0.717, 1.165) is 12.0 Å². The quantitative estimate of drug-likeness (QED) is 0.279. The first kappa shape index (κ1) is 21.9. The van der Waals surface area contributed by atoms with Crippen molar-refractivity contribution in [3.05, 3.63) is 48.4 Å². The second kappa shape index (κ2) is 11.4. The lowest BCUT2D eigenvalue weighted by atomic mass is 9.94. The fourth-order valence-corrected chi connectivity index (χ4v) is 2.24. The molecule has 0 aromatic rings. The third-order valence-corrected chi connectivity index (χ3v) is 3.82. The molecular weight excluding hydrogens is 300 g/mol. The Labute approximate surface area is 147 Å². The molecule has 0 fully saturated rings. The summed E-state index contributed by atoms with van der Waals surface area (Å²) in [5.41, 5.74) is 1.73. The third kappa shape index (κ3) is 6.99. The Kier molecular flexibility index (Phi) is 10.4. The van der Waals surface area contributed by atoms with Gasteiger partial charge in [0.25, 0.3) is 0 Å². The summed E-state index contributed by atoms with van der Waals surface area (Å²) < 4.78 is 5.38. The highest BCUT2D eigenvalue weighted by molar-refractivity contribution is 5.81. The number of amides is 1. The minimum absolute atomic E-state index is 0.0352. The highest BCUT2D eigenvalue weighted by atomic mass is 16.5. The minimum atomic E-state index is -0.408. The van der Waals surface area contributed by atoms with Crippen LogP contribution >= 0.6 is 0 Å². The van der Waals surface area contributed by atoms with Crippen molar-refractivity contribution in [1.82, 2.24) is 5.32 Å². The van der Waals surface area contributed by atoms with Gasteiger partial charge in [0.05, 0.1) is 24.8 Å². The Bertz CT molecular complexity index is 528. The molecule has 0 aliphatic heterocycles. The van der Waals surface area contributed by atoms with Gasteiger partial charge in [0.1, 0.15) is 5.76 Å². The van der Waals surface area contributed by atoms with E-state index in [0.29, 0.717) is 11.5 Å². The maximum atomic E-state index is 12.6. The third-order valence-electron chi connectivity index (χ3n) is 3.82. The van der Waals surface area contributed by atoms with E-state index in [4.69, 9.17) is 4.74 Å². The number of aliphatic imine (C=N–C) groups is 1. The molecule has 2 atom stereocenters. The Morgan fingerprint density at radius 2 is 1.92 bits per heavy atom. The predicted octanol–water partition coefficient (Wildman–Crippen LogP) is 4.42. The number of hydrogen-bond donors (Lipinski definition) is 1. The molecule has 0 radical (unpaired) electrons. The highest BCUT2D eigenvalue weighted by Crippen LogP contribution is 2.17. The number of carbonyl (C=O) groups is 1. The zero-order valence-corrected chi connectivity index (χ0v) is 15.9. The summed E-state index contributed by atoms with van der Waals surface area (Å²) in [6.45, 7) is 17.6. The topological polar surface area (TPSA) is 50.7 Å². The lowest BCUT2D eigenvalue weighted by molar-refractivity contribution is -0.125. The fraction of sp³-hybridized carbons (Fsp3) is 0.500. The molecule has 0 heterocycles. The van der Waals surface area contributed by atoms with Gasteiger partial charge in [0.15, 0.2) is 0 Å². The monoisotopic (exact) mass is 332 g/mol. The van der Waals surface area contributed by atoms with Crippen LogP contribution in [-0.4, -0.2) is 25.3 Å². The normalized spacial score (nSPS) is 15.3. The number of methoxy groups -OCH3 is 1. The van der Waals surface area contributed by atoms with Crippen LogP contribution in [0.3, 0.4) is 0 Å². The van der Waals surface area contributed by atoms with Gasteiger partial charge >= 0.3 is 0 Å². The Morgan fingerprint density at radius 1 is 1.29 bits per heavy atom. The Balaban J connectivity index is 5.25. The SMILES string of the molecule is C=C/C(=C\C=C(/OC)C(C)C(=O)NC(C(=C)CC)C(C)C)N=CC. The summed E-state index contributed by atoms with van der Waals surface area (Å²) in [6.07, 6.45) is 7.71. The van der Waals surface area contributed by atoms with Gasteiger partial charge in [-0.2, -0.15) is 0 Å². The molecule has 2 unspecified atom stereocenters. The van der Waals surface area contributed by atoms with Crippen molar-refractivity contribution < 1.29 is 9.53 Å². The molecule has 0 aliphatic carbocycles. The first-order chi connectivity index (χ1) is 11.3. The number of allylic oxidation sites excluding steroid dienone is 3. The molecule has 24 heavy (non-hydrogen) atoms. The summed E-state index contributed by atoms with van der Waals surface area (Å²) in [6, 6.07) is -0.0352. The van der Waals surface area contributed by atoms with Crippen LogP contribution in [0.4, 0.5) is 0 Å². The zero-order chi connectivity index (χ0) is 18.7. The predicted molar refractivity (Wildman–Crippen MR) is 103 cm³/mol. The lowest BCUT2D eigenvalue weighted by Gasteiger charge is -2.26. The Morgan fingerprint density at radius 3 is 2.33 bits per heavy atom. The van der Waals surface area contributed by atoms with Crippen molar-refractivity contribution in [3.63, 3.8) is 0 Å². The van der Waals surface area contributed by atoms with Crippen LogP contribution < -0.4 is 5.32 Å². The lowest BCUT2D eigenvalue weighted by Crippen LogP contribution is -2.42. The molecule has 0 aliphatic rings. The molecule has 0 saturated heterocycles. The molecule has 1 N–H and O–H groups in total. The van der Waals surface area contributed by atoms with Crippen LogP contribution in [0.25, 0.3) is 0 Å². The van der Waals surface area contributed by atoms with E-state index < -0.39 is 5.92 Å². The number of nitrogens with one attached hydrogen (secondary N) is 1. The maximum Gasteiger partial charge on any atom is 0.230 e. The molecule has 0 saturated carbocycles. The van der Waals surface area contributed by atoms with E-state index in [-0.39, 0.29) is 17.9 Å². The van der Waals surface area contributed by atoms with Crippen LogP contribution in [0.5, 0.6) is 0 Å². The van der Waals surface area contributed by atoms with Gasteiger partial charge in [-0.15, -0.1) is 0 Å². The van der Waals surface area contributed by atoms with Crippen LogP contribution in [-0.2, 0) is 9.53 Å². The smallest absolute Gasteiger partial charge is 0.230 e. The summed E-state index contributed by atoms with van der Waals surface area (Å²) in [5, 5.41) is 3.08. The van der Waals surface area contributed by atoms with Gasteiger partial charge in [-0.05, 0) is 44.4 Å². The molecule has 0 bridgehead atoms. The van der Waals surface area contributed by atoms with Gasteiger partial charge in [-0.3, -0.25) is 9.79 Å². The molecule has 0 spiro atoms. The van der Waals surface area contributed by atoms with E-state index >= 15 is 0 Å². The first-order valence-electron chi connectivity index (χ1n) is 8.37. The van der Waals surface area contributed by atoms with Crippen LogP contribution in [0.2, 0.25) is 0 Å². The number of nitrogens with zero attached hydrogens (tertiary/aromatic N) is 1. The van der Waals surface area contributed by atoms with E-state index in [2.05, 4.69) is 37.3 Å². The van der Waals surface area contributed by atoms with Crippen LogP contribution in [0, 0.1) is 11.8 Å². The number of hydrogen-bond acceptors (Lipinski definition) is 3. The zero-order valence-electron chi connectivity index (χ0n) is 15.9. The van der Waals surface area contributed by atoms with E-state index in [9.17, 15) is 4.79 Å². The van der Waals surface area contributed by atoms with E-state index in [1.54, 1.807) is 31.6 Å². The second-order valence-corrected chi connectivity index (χ2v) is 5.92. The van der Waals surface area contributed by atoms with Crippen LogP contribution in [0.1, 0.15) is 41.0 Å². The fourth-order valence-electron chi connectivity index (χ4n) is 2.24. The molecule has 4 heteroatoms. The van der Waals surface area contributed by atoms with Crippen molar-refractivity contribution in [2.75, 3.05) is 7.11 Å². The van der Waals surface area contributed by atoms with Gasteiger partial charge < -0.3 is 10.1 Å². The van der Waals surface area contributed by atoms with E-state index in [1.807, 2.05) is 20.8 Å². The summed E-state index contributed by atoms with van der Waals surface area (Å²) in [7, 11) is 1.56. The molecule has 134 valence electrons. The van der Waals surface area contributed by atoms with Gasteiger partial charge in [-0.25, -0.2) is 0 Å². The summed E-state index contributed by atoms with van der Waals surface area (Å²) in [4.78, 5) is 16.7. The standard InChI is InChI=1S/C20H32N2O2/c1-9-15(6)19(14(4)5)22-20(23)16(7)18(24-8)13-12-17(10-2)21-11-3/h10-14,16,19H,2,6,9H2,1,3-5,7-8H3,(H,22,23)/b17-12+,18-13-,21-11?. The number of rotatable bonds is 10. The van der Waals surface area contributed by atoms with Crippen molar-refractivity contribution >= 4 is 12.1 Å². The average molecular weight is 332 g/mol. The van der Waals surface area contributed by atoms with Gasteiger partial charge in [0, 0.05) is 6.21 Å². The second-order valence-electron chi connectivity index (χ2n) is 5.92. The first-order valence-corrected chi connectivity index (χ1v) is 8.37. The molecule has 0 aromatic carbocycles. The Hall–Kier alpha value is -2.10. The minimum Gasteiger partial charge on any atom is -0.500 e. The van der Waals surface area contributed by atoms with E-state index in [1.165, 1.54) is 0 Å². The highest BCUT2D eigenvalue weighted by Gasteiger charge is 2.24. The summed E-state index contributed by atoms with van der Waals surface area (Å²) >= 11 is 0. The van der Waals surface area contributed by atoms with Crippen LogP contribution in [0.15, 0.2) is 53.4 Å². The number of carbonyl (C=O) groups excluding carboxylic acids is 1. The van der Waals surface area contributed by atoms with Gasteiger partial charge in [0.2, 0.25) is 5.91 Å². The number of ether oxygens (including phenoxy) is 1. The van der Waals surface area contributed by atoms with Crippen molar-refractivity contribution in [1.29, 1.82) is 0 Å². The van der Waals surface area contributed by atoms with Crippen molar-refractivity contribution in [2.24, 2.45) is 16.8 Å². The molecule has 4 nitrogen and oxygen atoms in total. The maximum absolute atomic E-state index is 12.6. The largest absolute Gasteiger partial charge is 0.500 e. The molecular formula is C20H32N2O2. The van der Waals surface area contributed by atoms with Gasteiger partial charge in [-0.1, -0.05) is 39.5 Å². The van der Waals surface area contributed by atoms with Crippen molar-refractivity contribution in [3.8, 4) is 0 Å². The molecule has 0 rings (SSSR count). The molecule has 0 aromatic heterocycles. The average Bonchev–Trinajstić information content (AvgIpc) is 2.57. The summed E-state index contributed by atoms with van der Waals surface area (Å²) in [5.74, 6) is 0.371. The van der Waals surface area contributed by atoms with Crippen molar-refractivity contribution in [2.45, 2.75) is 47.1 Å². The molecule has 1 amide bonds.